The lowest BCUT2D eigenvalue weighted by Gasteiger charge is -2.13. The molecule has 2 fully saturated rings. The first-order chi connectivity index (χ1) is 8.65. The topological polar surface area (TPSA) is 53.5 Å². The second kappa shape index (κ2) is 6.45. The van der Waals surface area contributed by atoms with Gasteiger partial charge in [0.25, 0.3) is 0 Å². The first-order valence-electron chi connectivity index (χ1n) is 6.88. The second-order valence-electron chi connectivity index (χ2n) is 5.44. The van der Waals surface area contributed by atoms with Gasteiger partial charge in [-0.15, -0.1) is 0 Å². The van der Waals surface area contributed by atoms with Crippen LogP contribution in [0.25, 0.3) is 0 Å². The van der Waals surface area contributed by atoms with Crippen molar-refractivity contribution in [2.24, 2.45) is 10.9 Å². The molecule has 0 aromatic carbocycles. The second-order valence-corrected chi connectivity index (χ2v) is 6.45. The SMILES string of the molecule is CC(C)[C@H]1CSC(=NCCCC(=O)NC2CC2)N1. The van der Waals surface area contributed by atoms with Gasteiger partial charge in [0.2, 0.25) is 5.91 Å². The number of rotatable bonds is 6. The molecular formula is C13H23N3OS. The summed E-state index contributed by atoms with van der Waals surface area (Å²) in [5, 5.41) is 7.48. The lowest BCUT2D eigenvalue weighted by Crippen LogP contribution is -2.31. The fraction of sp³-hybridized carbons (Fsp3) is 0.846. The maximum absolute atomic E-state index is 11.5. The number of nitrogens with zero attached hydrogens (tertiary/aromatic N) is 1. The van der Waals surface area contributed by atoms with E-state index in [1.165, 1.54) is 0 Å². The molecule has 4 nitrogen and oxygen atoms in total. The summed E-state index contributed by atoms with van der Waals surface area (Å²) < 4.78 is 0. The van der Waals surface area contributed by atoms with E-state index in [2.05, 4.69) is 29.5 Å². The van der Waals surface area contributed by atoms with Crippen molar-refractivity contribution in [1.29, 1.82) is 0 Å². The predicted molar refractivity (Wildman–Crippen MR) is 76.9 cm³/mol. The number of amidine groups is 1. The van der Waals surface area contributed by atoms with Crippen molar-refractivity contribution in [3.63, 3.8) is 0 Å². The van der Waals surface area contributed by atoms with Crippen LogP contribution in [0.2, 0.25) is 0 Å². The highest BCUT2D eigenvalue weighted by atomic mass is 32.2. The normalized spacial score (nSPS) is 25.5. The van der Waals surface area contributed by atoms with Crippen molar-refractivity contribution in [2.45, 2.75) is 51.6 Å². The molecule has 0 spiro atoms. The molecule has 2 N–H and O–H groups in total. The van der Waals surface area contributed by atoms with Gasteiger partial charge in [-0.3, -0.25) is 9.79 Å². The fourth-order valence-electron chi connectivity index (χ4n) is 1.81. The standard InChI is InChI=1S/C13H23N3OS/c1-9(2)11-8-18-13(16-11)14-7-3-4-12(17)15-10-5-6-10/h9-11H,3-8H2,1-2H3,(H,14,16)(H,15,17)/t11-/m1/s1. The number of carbonyl (C=O) groups is 1. The number of carbonyl (C=O) groups excluding carboxylic acids is 1. The third-order valence-electron chi connectivity index (χ3n) is 3.27. The Morgan fingerprint density at radius 1 is 1.56 bits per heavy atom. The maximum Gasteiger partial charge on any atom is 0.220 e. The minimum absolute atomic E-state index is 0.185. The molecule has 2 aliphatic rings. The van der Waals surface area contributed by atoms with Gasteiger partial charge >= 0.3 is 0 Å². The molecule has 1 amide bonds. The first kappa shape index (κ1) is 13.7. The molecule has 2 rings (SSSR count). The van der Waals surface area contributed by atoms with E-state index in [0.717, 1.165) is 36.7 Å². The van der Waals surface area contributed by atoms with Crippen molar-refractivity contribution in [3.8, 4) is 0 Å². The summed E-state index contributed by atoms with van der Waals surface area (Å²) in [5.41, 5.74) is 0. The third-order valence-corrected chi connectivity index (χ3v) is 4.32. The Morgan fingerprint density at radius 2 is 2.33 bits per heavy atom. The quantitative estimate of drug-likeness (QED) is 0.723. The number of hydrogen-bond acceptors (Lipinski definition) is 3. The molecule has 1 aliphatic heterocycles. The van der Waals surface area contributed by atoms with Crippen LogP contribution in [0.15, 0.2) is 4.99 Å². The van der Waals surface area contributed by atoms with Crippen LogP contribution in [0.4, 0.5) is 0 Å². The van der Waals surface area contributed by atoms with E-state index in [1.54, 1.807) is 11.8 Å². The van der Waals surface area contributed by atoms with Crippen LogP contribution in [-0.2, 0) is 4.79 Å². The molecule has 102 valence electrons. The molecule has 0 bridgehead atoms. The van der Waals surface area contributed by atoms with Crippen LogP contribution in [0.1, 0.15) is 39.5 Å². The van der Waals surface area contributed by atoms with Crippen molar-refractivity contribution >= 4 is 22.8 Å². The molecule has 1 saturated heterocycles. The van der Waals surface area contributed by atoms with Crippen LogP contribution in [0.3, 0.4) is 0 Å². The third kappa shape index (κ3) is 4.52. The van der Waals surface area contributed by atoms with Gasteiger partial charge in [-0.1, -0.05) is 25.6 Å². The Labute approximate surface area is 113 Å². The van der Waals surface area contributed by atoms with Gasteiger partial charge in [-0.25, -0.2) is 0 Å². The average molecular weight is 269 g/mol. The molecule has 1 saturated carbocycles. The van der Waals surface area contributed by atoms with Crippen LogP contribution in [-0.4, -0.2) is 35.5 Å². The van der Waals surface area contributed by atoms with Crippen LogP contribution >= 0.6 is 11.8 Å². The lowest BCUT2D eigenvalue weighted by atomic mass is 10.1. The fourth-order valence-corrected chi connectivity index (χ4v) is 3.03. The summed E-state index contributed by atoms with van der Waals surface area (Å²) in [6.45, 7) is 5.20. The zero-order valence-corrected chi connectivity index (χ0v) is 12.1. The lowest BCUT2D eigenvalue weighted by molar-refractivity contribution is -0.121. The zero-order valence-electron chi connectivity index (χ0n) is 11.2. The summed E-state index contributed by atoms with van der Waals surface area (Å²) in [5.74, 6) is 1.94. The van der Waals surface area contributed by atoms with Crippen LogP contribution in [0.5, 0.6) is 0 Å². The minimum Gasteiger partial charge on any atom is -0.361 e. The molecule has 18 heavy (non-hydrogen) atoms. The van der Waals surface area contributed by atoms with Crippen molar-refractivity contribution in [2.75, 3.05) is 12.3 Å². The molecule has 5 heteroatoms. The maximum atomic E-state index is 11.5. The number of amides is 1. The highest BCUT2D eigenvalue weighted by Gasteiger charge is 2.23. The van der Waals surface area contributed by atoms with Gasteiger partial charge in [0.1, 0.15) is 0 Å². The van der Waals surface area contributed by atoms with Gasteiger partial charge < -0.3 is 10.6 Å². The van der Waals surface area contributed by atoms with Gasteiger partial charge in [-0.2, -0.15) is 0 Å². The van der Waals surface area contributed by atoms with Gasteiger partial charge in [-0.05, 0) is 25.2 Å². The first-order valence-corrected chi connectivity index (χ1v) is 7.87. The smallest absolute Gasteiger partial charge is 0.220 e. The van der Waals surface area contributed by atoms with Crippen molar-refractivity contribution < 1.29 is 4.79 Å². The highest BCUT2D eigenvalue weighted by Crippen LogP contribution is 2.19. The van der Waals surface area contributed by atoms with Crippen LogP contribution in [0, 0.1) is 5.92 Å². The van der Waals surface area contributed by atoms with E-state index in [9.17, 15) is 4.79 Å². The Morgan fingerprint density at radius 3 is 2.94 bits per heavy atom. The van der Waals surface area contributed by atoms with Gasteiger partial charge in [0, 0.05) is 30.8 Å². The van der Waals surface area contributed by atoms with Crippen molar-refractivity contribution in [1.82, 2.24) is 10.6 Å². The monoisotopic (exact) mass is 269 g/mol. The van der Waals surface area contributed by atoms with Gasteiger partial charge in [0.05, 0.1) is 0 Å². The number of hydrogen-bond donors (Lipinski definition) is 2. The van der Waals surface area contributed by atoms with E-state index in [-0.39, 0.29) is 5.91 Å². The molecule has 0 radical (unpaired) electrons. The number of aliphatic imine (C=N–C) groups is 1. The Bertz CT molecular complexity index is 326. The predicted octanol–water partition coefficient (Wildman–Crippen LogP) is 1.76. The summed E-state index contributed by atoms with van der Waals surface area (Å²) in [4.78, 5) is 16.0. The Balaban J connectivity index is 1.58. The summed E-state index contributed by atoms with van der Waals surface area (Å²) in [6, 6.07) is 1.02. The zero-order chi connectivity index (χ0) is 13.0. The summed E-state index contributed by atoms with van der Waals surface area (Å²) in [6.07, 6.45) is 3.76. The van der Waals surface area contributed by atoms with E-state index in [0.29, 0.717) is 24.4 Å². The number of nitrogens with one attached hydrogen (secondary N) is 2. The Kier molecular flexibility index (Phi) is 4.92. The summed E-state index contributed by atoms with van der Waals surface area (Å²) >= 11 is 1.80. The van der Waals surface area contributed by atoms with E-state index in [4.69, 9.17) is 0 Å². The highest BCUT2D eigenvalue weighted by molar-refractivity contribution is 8.14. The largest absolute Gasteiger partial charge is 0.361 e. The molecular weight excluding hydrogens is 246 g/mol. The van der Waals surface area contributed by atoms with E-state index >= 15 is 0 Å². The van der Waals surface area contributed by atoms with Crippen LogP contribution < -0.4 is 10.6 Å². The molecule has 0 unspecified atom stereocenters. The van der Waals surface area contributed by atoms with Crippen molar-refractivity contribution in [3.05, 3.63) is 0 Å². The molecule has 1 atom stereocenters. The van der Waals surface area contributed by atoms with E-state index in [1.807, 2.05) is 0 Å². The Hall–Kier alpha value is -0.710. The number of thioether (sulfide) groups is 1. The molecule has 1 aliphatic carbocycles. The minimum atomic E-state index is 0.185. The average Bonchev–Trinajstić information content (AvgIpc) is 2.99. The van der Waals surface area contributed by atoms with Gasteiger partial charge in [0.15, 0.2) is 5.17 Å². The molecule has 0 aromatic heterocycles. The molecule has 1 heterocycles. The van der Waals surface area contributed by atoms with E-state index < -0.39 is 0 Å². The summed E-state index contributed by atoms with van der Waals surface area (Å²) in [7, 11) is 0. The molecule has 0 aromatic rings.